The molecule has 2 heterocycles. The lowest BCUT2D eigenvalue weighted by Gasteiger charge is -2.14. The second-order valence-electron chi connectivity index (χ2n) is 4.52. The van der Waals surface area contributed by atoms with E-state index in [9.17, 15) is 0 Å². The molecule has 0 radical (unpaired) electrons. The SMILES string of the molecule is CC(C)(C)c1nn2c(N)ccnc2c1Cl. The average Bonchev–Trinajstić information content (AvgIpc) is 2.45. The number of anilines is 1. The lowest BCUT2D eigenvalue weighted by Crippen LogP contribution is -2.12. The third-order valence-electron chi connectivity index (χ3n) is 2.20. The Kier molecular flexibility index (Phi) is 2.12. The van der Waals surface area contributed by atoms with E-state index in [0.29, 0.717) is 16.5 Å². The Hall–Kier alpha value is -1.29. The lowest BCUT2D eigenvalue weighted by atomic mass is 9.92. The van der Waals surface area contributed by atoms with Crippen LogP contribution in [0, 0.1) is 0 Å². The molecule has 5 heteroatoms. The molecule has 0 aromatic carbocycles. The summed E-state index contributed by atoms with van der Waals surface area (Å²) >= 11 is 6.21. The van der Waals surface area contributed by atoms with E-state index in [4.69, 9.17) is 17.3 Å². The van der Waals surface area contributed by atoms with Crippen molar-refractivity contribution < 1.29 is 0 Å². The number of halogens is 1. The van der Waals surface area contributed by atoms with Gasteiger partial charge in [0, 0.05) is 11.6 Å². The lowest BCUT2D eigenvalue weighted by molar-refractivity contribution is 0.563. The van der Waals surface area contributed by atoms with E-state index in [1.165, 1.54) is 0 Å². The Balaban J connectivity index is 2.81. The van der Waals surface area contributed by atoms with Crippen molar-refractivity contribution in [1.82, 2.24) is 14.6 Å². The van der Waals surface area contributed by atoms with Crippen LogP contribution >= 0.6 is 11.6 Å². The number of aromatic nitrogens is 3. The highest BCUT2D eigenvalue weighted by Gasteiger charge is 2.24. The smallest absolute Gasteiger partial charge is 0.176 e. The van der Waals surface area contributed by atoms with Gasteiger partial charge in [-0.25, -0.2) is 4.98 Å². The van der Waals surface area contributed by atoms with Crippen molar-refractivity contribution in [3.63, 3.8) is 0 Å². The molecule has 0 spiro atoms. The van der Waals surface area contributed by atoms with E-state index >= 15 is 0 Å². The van der Waals surface area contributed by atoms with Crippen LogP contribution in [0.3, 0.4) is 0 Å². The number of nitrogens with two attached hydrogens (primary N) is 1. The molecule has 4 nitrogen and oxygen atoms in total. The topological polar surface area (TPSA) is 56.2 Å². The molecule has 2 aromatic rings. The van der Waals surface area contributed by atoms with Crippen LogP contribution < -0.4 is 5.73 Å². The Morgan fingerprint density at radius 1 is 1.40 bits per heavy atom. The quantitative estimate of drug-likeness (QED) is 0.747. The van der Waals surface area contributed by atoms with Gasteiger partial charge in [-0.15, -0.1) is 0 Å². The Bertz CT molecular complexity index is 510. The van der Waals surface area contributed by atoms with Gasteiger partial charge in [-0.1, -0.05) is 32.4 Å². The van der Waals surface area contributed by atoms with Gasteiger partial charge >= 0.3 is 0 Å². The van der Waals surface area contributed by atoms with Gasteiger partial charge < -0.3 is 5.73 Å². The summed E-state index contributed by atoms with van der Waals surface area (Å²) in [5, 5.41) is 4.96. The van der Waals surface area contributed by atoms with Crippen molar-refractivity contribution in [2.24, 2.45) is 0 Å². The van der Waals surface area contributed by atoms with Crippen molar-refractivity contribution in [1.29, 1.82) is 0 Å². The molecular weight excluding hydrogens is 212 g/mol. The van der Waals surface area contributed by atoms with E-state index in [0.717, 1.165) is 5.69 Å². The van der Waals surface area contributed by atoms with Crippen LogP contribution in [-0.4, -0.2) is 14.6 Å². The van der Waals surface area contributed by atoms with Gasteiger partial charge in [-0.05, 0) is 6.07 Å². The summed E-state index contributed by atoms with van der Waals surface area (Å²) in [5.41, 5.74) is 7.10. The first kappa shape index (κ1) is 10.2. The fraction of sp³-hybridized carbons (Fsp3) is 0.400. The van der Waals surface area contributed by atoms with Crippen LogP contribution in [0.15, 0.2) is 12.3 Å². The largest absolute Gasteiger partial charge is 0.384 e. The molecule has 2 rings (SSSR count). The molecule has 0 unspecified atom stereocenters. The van der Waals surface area contributed by atoms with Crippen LogP contribution in [0.5, 0.6) is 0 Å². The van der Waals surface area contributed by atoms with Gasteiger partial charge in [0.1, 0.15) is 10.8 Å². The van der Waals surface area contributed by atoms with Crippen LogP contribution in [0.1, 0.15) is 26.5 Å². The third kappa shape index (κ3) is 1.55. The summed E-state index contributed by atoms with van der Waals surface area (Å²) in [5.74, 6) is 0.539. The zero-order chi connectivity index (χ0) is 11.2. The summed E-state index contributed by atoms with van der Waals surface area (Å²) in [7, 11) is 0. The molecule has 2 aromatic heterocycles. The van der Waals surface area contributed by atoms with Crippen molar-refractivity contribution in [3.8, 4) is 0 Å². The number of hydrogen-bond donors (Lipinski definition) is 1. The molecule has 0 atom stereocenters. The molecule has 0 amide bonds. The summed E-state index contributed by atoms with van der Waals surface area (Å²) < 4.78 is 1.57. The van der Waals surface area contributed by atoms with E-state index in [1.807, 2.05) is 0 Å². The molecule has 0 saturated carbocycles. The van der Waals surface area contributed by atoms with Crippen molar-refractivity contribution in [2.75, 3.05) is 5.73 Å². The second kappa shape index (κ2) is 3.10. The highest BCUT2D eigenvalue weighted by molar-refractivity contribution is 6.34. The minimum Gasteiger partial charge on any atom is -0.384 e. The Morgan fingerprint density at radius 2 is 2.07 bits per heavy atom. The maximum atomic E-state index is 6.21. The Labute approximate surface area is 93.1 Å². The number of fused-ring (bicyclic) bond motifs is 1. The third-order valence-corrected chi connectivity index (χ3v) is 2.55. The summed E-state index contributed by atoms with van der Waals surface area (Å²) in [6.07, 6.45) is 1.63. The zero-order valence-corrected chi connectivity index (χ0v) is 9.71. The van der Waals surface area contributed by atoms with E-state index in [2.05, 4.69) is 30.9 Å². The molecule has 0 aliphatic heterocycles. The van der Waals surface area contributed by atoms with Crippen LogP contribution in [0.2, 0.25) is 5.02 Å². The number of nitrogens with zero attached hydrogens (tertiary/aromatic N) is 3. The predicted molar refractivity (Wildman–Crippen MR) is 61.1 cm³/mol. The minimum absolute atomic E-state index is 0.114. The highest BCUT2D eigenvalue weighted by Crippen LogP contribution is 2.31. The normalized spacial score (nSPS) is 12.3. The minimum atomic E-state index is -0.114. The highest BCUT2D eigenvalue weighted by atomic mass is 35.5. The molecule has 80 valence electrons. The average molecular weight is 225 g/mol. The van der Waals surface area contributed by atoms with E-state index < -0.39 is 0 Å². The Morgan fingerprint density at radius 3 is 2.60 bits per heavy atom. The monoisotopic (exact) mass is 224 g/mol. The first-order valence-electron chi connectivity index (χ1n) is 4.70. The van der Waals surface area contributed by atoms with Crippen molar-refractivity contribution >= 4 is 23.1 Å². The van der Waals surface area contributed by atoms with Gasteiger partial charge in [-0.2, -0.15) is 9.61 Å². The van der Waals surface area contributed by atoms with Gasteiger partial charge in [0.05, 0.1) is 5.69 Å². The fourth-order valence-corrected chi connectivity index (χ4v) is 1.87. The molecule has 15 heavy (non-hydrogen) atoms. The number of hydrogen-bond acceptors (Lipinski definition) is 3. The molecule has 0 aliphatic rings. The first-order chi connectivity index (χ1) is 6.91. The van der Waals surface area contributed by atoms with Gasteiger partial charge in [0.2, 0.25) is 0 Å². The van der Waals surface area contributed by atoms with Crippen LogP contribution in [-0.2, 0) is 5.41 Å². The van der Waals surface area contributed by atoms with Crippen LogP contribution in [0.25, 0.3) is 5.65 Å². The standard InChI is InChI=1S/C10H13ClN4/c1-10(2,3)8-7(11)9-13-5-4-6(12)15(9)14-8/h4-5H,12H2,1-3H3. The second-order valence-corrected chi connectivity index (χ2v) is 4.90. The van der Waals surface area contributed by atoms with Gasteiger partial charge in [-0.3, -0.25) is 0 Å². The van der Waals surface area contributed by atoms with E-state index in [-0.39, 0.29) is 5.41 Å². The fourth-order valence-electron chi connectivity index (χ4n) is 1.42. The molecule has 2 N–H and O–H groups in total. The maximum absolute atomic E-state index is 6.21. The molecule has 0 bridgehead atoms. The zero-order valence-electron chi connectivity index (χ0n) is 8.95. The number of nitrogen functional groups attached to an aromatic ring is 1. The van der Waals surface area contributed by atoms with Gasteiger partial charge in [0.15, 0.2) is 5.65 Å². The molecule has 0 aliphatic carbocycles. The molecule has 0 saturated heterocycles. The predicted octanol–water partition coefficient (Wildman–Crippen LogP) is 2.26. The summed E-state index contributed by atoms with van der Waals surface area (Å²) in [6, 6.07) is 1.70. The molecular formula is C10H13ClN4. The van der Waals surface area contributed by atoms with Gasteiger partial charge in [0.25, 0.3) is 0 Å². The summed E-state index contributed by atoms with van der Waals surface area (Å²) in [6.45, 7) is 6.16. The molecule has 0 fully saturated rings. The first-order valence-corrected chi connectivity index (χ1v) is 5.08. The summed E-state index contributed by atoms with van der Waals surface area (Å²) in [4.78, 5) is 4.16. The van der Waals surface area contributed by atoms with Crippen molar-refractivity contribution in [3.05, 3.63) is 23.0 Å². The number of rotatable bonds is 0. The van der Waals surface area contributed by atoms with E-state index in [1.54, 1.807) is 16.8 Å². The van der Waals surface area contributed by atoms with Crippen molar-refractivity contribution in [2.45, 2.75) is 26.2 Å². The maximum Gasteiger partial charge on any atom is 0.176 e. The van der Waals surface area contributed by atoms with Crippen LogP contribution in [0.4, 0.5) is 5.82 Å².